The number of hydrogen-bond donors (Lipinski definition) is 0. The van der Waals surface area contributed by atoms with Crippen molar-refractivity contribution in [2.75, 3.05) is 7.11 Å². The lowest BCUT2D eigenvalue weighted by molar-refractivity contribution is 0.0101. The van der Waals surface area contributed by atoms with Crippen molar-refractivity contribution in [3.63, 3.8) is 0 Å². The highest BCUT2D eigenvalue weighted by Gasteiger charge is 2.35. The average molecular weight is 286 g/mol. The molecule has 0 saturated carbocycles. The Kier molecular flexibility index (Phi) is 4.69. The molecule has 2 unspecified atom stereocenters. The third-order valence-electron chi connectivity index (χ3n) is 3.59. The fourth-order valence-corrected chi connectivity index (χ4v) is 2.47. The zero-order valence-corrected chi connectivity index (χ0v) is 13.0. The summed E-state index contributed by atoms with van der Waals surface area (Å²) >= 11 is 0. The number of Topliss-reactive ketones (excluding diaryl/α,β-unsaturated/α-hetero) is 1. The summed E-state index contributed by atoms with van der Waals surface area (Å²) in [6.07, 6.45) is 0.830. The molecule has 0 spiro atoms. The molecule has 0 fully saturated rings. The lowest BCUT2D eigenvalue weighted by atomic mass is 9.87. The van der Waals surface area contributed by atoms with Gasteiger partial charge in [0, 0.05) is 12.7 Å². The van der Waals surface area contributed by atoms with Crippen molar-refractivity contribution in [1.82, 2.24) is 0 Å². The van der Waals surface area contributed by atoms with Crippen LogP contribution in [0.3, 0.4) is 0 Å². The van der Waals surface area contributed by atoms with Crippen LogP contribution in [0.25, 0.3) is 0 Å². The zero-order chi connectivity index (χ0) is 14.6. The van der Waals surface area contributed by atoms with Gasteiger partial charge in [0.1, 0.15) is 0 Å². The third-order valence-corrected chi connectivity index (χ3v) is 4.06. The van der Waals surface area contributed by atoms with Crippen molar-refractivity contribution in [2.45, 2.75) is 18.7 Å². The fraction of sp³-hybridized carbons (Fsp3) is 0.235. The summed E-state index contributed by atoms with van der Waals surface area (Å²) in [5.74, 6) is -0.0218. The molecule has 0 radical (unpaired) electrons. The highest BCUT2D eigenvalue weighted by Crippen LogP contribution is 2.29. The molecule has 2 aromatic rings. The number of benzene rings is 2. The van der Waals surface area contributed by atoms with E-state index in [0.29, 0.717) is 5.56 Å². The Balaban J connectivity index is 2.43. The van der Waals surface area contributed by atoms with Gasteiger partial charge in [-0.2, -0.15) is 0 Å². The maximum atomic E-state index is 12.8. The lowest BCUT2D eigenvalue weighted by Crippen LogP contribution is -2.34. The van der Waals surface area contributed by atoms with Crippen LogP contribution in [0.2, 0.25) is 0 Å². The van der Waals surface area contributed by atoms with E-state index in [4.69, 9.17) is 4.74 Å². The maximum absolute atomic E-state index is 12.8. The van der Waals surface area contributed by atoms with Crippen molar-refractivity contribution in [3.8, 4) is 0 Å². The van der Waals surface area contributed by atoms with Crippen LogP contribution in [-0.2, 0) is 16.5 Å². The topological polar surface area (TPSA) is 26.3 Å². The van der Waals surface area contributed by atoms with E-state index in [2.05, 4.69) is 9.24 Å². The summed E-state index contributed by atoms with van der Waals surface area (Å²) in [6, 6.07) is 17.3. The molecule has 0 aliphatic rings. The van der Waals surface area contributed by atoms with Gasteiger partial charge < -0.3 is 4.74 Å². The van der Waals surface area contributed by atoms with E-state index in [-0.39, 0.29) is 5.78 Å². The number of rotatable bonds is 5. The number of carbonyl (C=O) groups is 1. The summed E-state index contributed by atoms with van der Waals surface area (Å²) in [5.41, 5.74) is 1.70. The third kappa shape index (κ3) is 2.82. The van der Waals surface area contributed by atoms with Crippen LogP contribution < -0.4 is 0 Å². The van der Waals surface area contributed by atoms with Crippen LogP contribution in [0.1, 0.15) is 28.4 Å². The summed E-state index contributed by atoms with van der Waals surface area (Å²) < 4.78 is 5.56. The van der Waals surface area contributed by atoms with Gasteiger partial charge >= 0.3 is 0 Å². The van der Waals surface area contributed by atoms with Crippen LogP contribution in [0.15, 0.2) is 54.6 Å². The van der Waals surface area contributed by atoms with E-state index in [1.807, 2.05) is 61.5 Å². The predicted octanol–water partition coefficient (Wildman–Crippen LogP) is 3.81. The zero-order valence-electron chi connectivity index (χ0n) is 11.8. The van der Waals surface area contributed by atoms with Crippen molar-refractivity contribution in [1.29, 1.82) is 0 Å². The first-order chi connectivity index (χ1) is 9.61. The van der Waals surface area contributed by atoms with E-state index in [1.165, 1.54) is 0 Å². The van der Waals surface area contributed by atoms with Gasteiger partial charge in [-0.3, -0.25) is 4.79 Å². The molecule has 104 valence electrons. The van der Waals surface area contributed by atoms with Crippen LogP contribution >= 0.6 is 9.24 Å². The minimum atomic E-state index is -0.958. The molecule has 3 heteroatoms. The molecule has 0 aromatic heterocycles. The number of ether oxygens (including phenoxy) is 1. The molecular weight excluding hydrogens is 267 g/mol. The van der Waals surface area contributed by atoms with Crippen molar-refractivity contribution in [3.05, 3.63) is 71.3 Å². The molecule has 0 heterocycles. The van der Waals surface area contributed by atoms with E-state index in [0.717, 1.165) is 17.3 Å². The number of ketones is 1. The quantitative estimate of drug-likeness (QED) is 0.617. The van der Waals surface area contributed by atoms with E-state index in [1.54, 1.807) is 7.11 Å². The Morgan fingerprint density at radius 2 is 1.85 bits per heavy atom. The van der Waals surface area contributed by atoms with Gasteiger partial charge in [0.05, 0.1) is 0 Å². The summed E-state index contributed by atoms with van der Waals surface area (Å²) in [4.78, 5) is 12.8. The second-order valence-electron chi connectivity index (χ2n) is 4.84. The number of hydrogen-bond acceptors (Lipinski definition) is 2. The van der Waals surface area contributed by atoms with Gasteiger partial charge in [-0.1, -0.05) is 48.5 Å². The second kappa shape index (κ2) is 6.30. The highest BCUT2D eigenvalue weighted by atomic mass is 31.0. The molecule has 0 N–H and O–H groups in total. The molecule has 0 aliphatic heterocycles. The van der Waals surface area contributed by atoms with Crippen LogP contribution in [0, 0.1) is 0 Å². The molecule has 2 nitrogen and oxygen atoms in total. The van der Waals surface area contributed by atoms with Crippen LogP contribution in [-0.4, -0.2) is 12.9 Å². The Morgan fingerprint density at radius 1 is 1.15 bits per heavy atom. The molecule has 2 aromatic carbocycles. The van der Waals surface area contributed by atoms with Crippen molar-refractivity contribution < 1.29 is 9.53 Å². The lowest BCUT2D eigenvalue weighted by Gasteiger charge is -2.27. The van der Waals surface area contributed by atoms with E-state index in [9.17, 15) is 4.79 Å². The van der Waals surface area contributed by atoms with Crippen LogP contribution in [0.4, 0.5) is 0 Å². The Labute approximate surface area is 122 Å². The number of methoxy groups -OCH3 is 1. The molecule has 0 saturated heterocycles. The summed E-state index contributed by atoms with van der Waals surface area (Å²) in [5, 5.41) is 0. The Hall–Kier alpha value is -1.50. The molecular formula is C17H19O2P. The van der Waals surface area contributed by atoms with Gasteiger partial charge in [-0.25, -0.2) is 0 Å². The predicted molar refractivity (Wildman–Crippen MR) is 85.0 cm³/mol. The molecule has 0 amide bonds. The maximum Gasteiger partial charge on any atom is 0.198 e. The monoisotopic (exact) mass is 286 g/mol. The van der Waals surface area contributed by atoms with Gasteiger partial charge in [-0.15, -0.1) is 9.24 Å². The largest absolute Gasteiger partial charge is 0.366 e. The molecule has 0 aliphatic carbocycles. The smallest absolute Gasteiger partial charge is 0.198 e. The summed E-state index contributed by atoms with van der Waals surface area (Å²) in [7, 11) is 4.25. The first kappa shape index (κ1) is 14.9. The number of carbonyl (C=O) groups excluding carboxylic acids is 1. The SMILES string of the molecule is COC(C)(C(=O)c1cccc(CP)c1)c1ccccc1. The van der Waals surface area contributed by atoms with Gasteiger partial charge in [-0.05, 0) is 30.3 Å². The first-order valence-corrected chi connectivity index (χ1v) is 7.38. The van der Waals surface area contributed by atoms with E-state index >= 15 is 0 Å². The van der Waals surface area contributed by atoms with Gasteiger partial charge in [0.25, 0.3) is 0 Å². The highest BCUT2D eigenvalue weighted by molar-refractivity contribution is 7.15. The van der Waals surface area contributed by atoms with Crippen molar-refractivity contribution in [2.24, 2.45) is 0 Å². The standard InChI is InChI=1S/C17H19O2P/c1-17(19-2,15-9-4-3-5-10-15)16(18)14-8-6-7-13(11-14)12-20/h3-11H,12,20H2,1-2H3. The average Bonchev–Trinajstić information content (AvgIpc) is 2.54. The second-order valence-corrected chi connectivity index (χ2v) is 5.25. The Morgan fingerprint density at radius 3 is 2.45 bits per heavy atom. The van der Waals surface area contributed by atoms with Crippen molar-refractivity contribution >= 4 is 15.0 Å². The minimum Gasteiger partial charge on any atom is -0.366 e. The van der Waals surface area contributed by atoms with Gasteiger partial charge in [0.15, 0.2) is 11.4 Å². The molecule has 20 heavy (non-hydrogen) atoms. The minimum absolute atomic E-state index is 0.0218. The van der Waals surface area contributed by atoms with Gasteiger partial charge in [0.2, 0.25) is 0 Å². The normalized spacial score (nSPS) is 13.8. The molecule has 2 atom stereocenters. The van der Waals surface area contributed by atoms with E-state index < -0.39 is 5.60 Å². The molecule has 2 rings (SSSR count). The fourth-order valence-electron chi connectivity index (χ4n) is 2.21. The first-order valence-electron chi connectivity index (χ1n) is 6.56. The summed E-state index contributed by atoms with van der Waals surface area (Å²) in [6.45, 7) is 1.82. The molecule has 0 bridgehead atoms. The van der Waals surface area contributed by atoms with Crippen LogP contribution in [0.5, 0.6) is 0 Å². The Bertz CT molecular complexity index is 595.